The Labute approximate surface area is 106 Å². The third-order valence-corrected chi connectivity index (χ3v) is 3.54. The molecule has 1 aromatic carbocycles. The van der Waals surface area contributed by atoms with Crippen molar-refractivity contribution in [1.82, 2.24) is 0 Å². The van der Waals surface area contributed by atoms with Crippen molar-refractivity contribution >= 4 is 23.2 Å². The Balaban J connectivity index is 2.98. The van der Waals surface area contributed by atoms with Gasteiger partial charge in [0.15, 0.2) is 0 Å². The SMILES string of the molecule is CC(C)C(O)(CN)Cc1cc(Cl)ccc1Cl. The summed E-state index contributed by atoms with van der Waals surface area (Å²) < 4.78 is 0. The number of halogens is 2. The zero-order valence-electron chi connectivity index (χ0n) is 9.50. The van der Waals surface area contributed by atoms with Gasteiger partial charge in [-0.25, -0.2) is 0 Å². The molecular weight excluding hydrogens is 245 g/mol. The number of rotatable bonds is 4. The Morgan fingerprint density at radius 3 is 2.50 bits per heavy atom. The van der Waals surface area contributed by atoms with E-state index >= 15 is 0 Å². The van der Waals surface area contributed by atoms with Crippen LogP contribution in [0.5, 0.6) is 0 Å². The van der Waals surface area contributed by atoms with E-state index < -0.39 is 5.60 Å². The molecule has 0 aliphatic rings. The maximum Gasteiger partial charge on any atom is 0.0832 e. The highest BCUT2D eigenvalue weighted by atomic mass is 35.5. The Kier molecular flexibility index (Phi) is 4.62. The maximum atomic E-state index is 10.3. The number of hydrogen-bond acceptors (Lipinski definition) is 2. The molecule has 0 aliphatic heterocycles. The second kappa shape index (κ2) is 5.37. The topological polar surface area (TPSA) is 46.2 Å². The van der Waals surface area contributed by atoms with Crippen LogP contribution in [0.15, 0.2) is 18.2 Å². The van der Waals surface area contributed by atoms with E-state index in [0.717, 1.165) is 5.56 Å². The lowest BCUT2D eigenvalue weighted by Gasteiger charge is -2.31. The summed E-state index contributed by atoms with van der Waals surface area (Å²) in [5.74, 6) is 0.0625. The van der Waals surface area contributed by atoms with E-state index in [-0.39, 0.29) is 12.5 Å². The predicted octanol–water partition coefficient (Wildman–Crippen LogP) is 2.88. The quantitative estimate of drug-likeness (QED) is 0.876. The minimum Gasteiger partial charge on any atom is -0.388 e. The van der Waals surface area contributed by atoms with E-state index in [1.807, 2.05) is 13.8 Å². The van der Waals surface area contributed by atoms with Crippen LogP contribution >= 0.6 is 23.2 Å². The Morgan fingerprint density at radius 1 is 1.38 bits per heavy atom. The molecule has 1 rings (SSSR count). The molecule has 1 aromatic rings. The molecule has 0 aliphatic carbocycles. The molecule has 4 heteroatoms. The highest BCUT2D eigenvalue weighted by molar-refractivity contribution is 6.33. The molecule has 0 amide bonds. The van der Waals surface area contributed by atoms with Gasteiger partial charge in [0.1, 0.15) is 0 Å². The molecule has 0 fully saturated rings. The van der Waals surface area contributed by atoms with E-state index in [9.17, 15) is 5.11 Å². The lowest BCUT2D eigenvalue weighted by atomic mass is 9.84. The smallest absolute Gasteiger partial charge is 0.0832 e. The third kappa shape index (κ3) is 3.11. The Bertz CT molecular complexity index is 368. The second-order valence-corrected chi connectivity index (χ2v) is 5.22. The first-order valence-corrected chi connectivity index (χ1v) is 6.01. The zero-order valence-corrected chi connectivity index (χ0v) is 11.0. The summed E-state index contributed by atoms with van der Waals surface area (Å²) in [5, 5.41) is 11.6. The minimum atomic E-state index is -0.936. The van der Waals surface area contributed by atoms with Crippen LogP contribution in [0.25, 0.3) is 0 Å². The van der Waals surface area contributed by atoms with E-state index in [0.29, 0.717) is 16.5 Å². The standard InChI is InChI=1S/C12H17Cl2NO/c1-8(2)12(16,7-15)6-9-5-10(13)3-4-11(9)14/h3-5,8,16H,6-7,15H2,1-2H3. The highest BCUT2D eigenvalue weighted by Gasteiger charge is 2.30. The summed E-state index contributed by atoms with van der Waals surface area (Å²) in [6.45, 7) is 4.07. The predicted molar refractivity (Wildman–Crippen MR) is 69.0 cm³/mol. The maximum absolute atomic E-state index is 10.3. The summed E-state index contributed by atoms with van der Waals surface area (Å²) in [5.41, 5.74) is 5.51. The minimum absolute atomic E-state index is 0.0625. The van der Waals surface area contributed by atoms with Crippen LogP contribution in [0.4, 0.5) is 0 Å². The summed E-state index contributed by atoms with van der Waals surface area (Å²) in [4.78, 5) is 0. The molecule has 1 atom stereocenters. The van der Waals surface area contributed by atoms with Crippen LogP contribution in [0.2, 0.25) is 10.0 Å². The van der Waals surface area contributed by atoms with Gasteiger partial charge in [-0.1, -0.05) is 37.0 Å². The van der Waals surface area contributed by atoms with Gasteiger partial charge in [0.05, 0.1) is 5.60 Å². The van der Waals surface area contributed by atoms with Crippen LogP contribution in [0.1, 0.15) is 19.4 Å². The molecule has 90 valence electrons. The highest BCUT2D eigenvalue weighted by Crippen LogP contribution is 2.27. The molecule has 0 saturated heterocycles. The van der Waals surface area contributed by atoms with Gasteiger partial charge >= 0.3 is 0 Å². The van der Waals surface area contributed by atoms with Crippen molar-refractivity contribution in [2.24, 2.45) is 11.7 Å². The molecule has 0 aromatic heterocycles. The van der Waals surface area contributed by atoms with E-state index in [2.05, 4.69) is 0 Å². The van der Waals surface area contributed by atoms with Gasteiger partial charge in [-0.05, 0) is 29.7 Å². The summed E-state index contributed by atoms with van der Waals surface area (Å²) >= 11 is 12.0. The van der Waals surface area contributed by atoms with Gasteiger partial charge in [0.2, 0.25) is 0 Å². The summed E-state index contributed by atoms with van der Waals surface area (Å²) in [6, 6.07) is 5.23. The molecule has 1 unspecified atom stereocenters. The second-order valence-electron chi connectivity index (χ2n) is 4.37. The van der Waals surface area contributed by atoms with E-state index in [4.69, 9.17) is 28.9 Å². The van der Waals surface area contributed by atoms with Crippen molar-refractivity contribution in [3.8, 4) is 0 Å². The molecule has 0 radical (unpaired) electrons. The summed E-state index contributed by atoms with van der Waals surface area (Å²) in [6.07, 6.45) is 0.417. The molecule has 3 N–H and O–H groups in total. The molecule has 16 heavy (non-hydrogen) atoms. The molecule has 0 spiro atoms. The van der Waals surface area contributed by atoms with Crippen LogP contribution in [0, 0.1) is 5.92 Å². The number of benzene rings is 1. The Morgan fingerprint density at radius 2 is 2.00 bits per heavy atom. The van der Waals surface area contributed by atoms with Gasteiger partial charge in [0, 0.05) is 23.0 Å². The largest absolute Gasteiger partial charge is 0.388 e. The molecule has 0 bridgehead atoms. The average Bonchev–Trinajstić information content (AvgIpc) is 2.23. The lowest BCUT2D eigenvalue weighted by Crippen LogP contribution is -2.44. The summed E-state index contributed by atoms with van der Waals surface area (Å²) in [7, 11) is 0. The van der Waals surface area contributed by atoms with Crippen LogP contribution < -0.4 is 5.73 Å². The van der Waals surface area contributed by atoms with Gasteiger partial charge in [-0.15, -0.1) is 0 Å². The van der Waals surface area contributed by atoms with Crippen molar-refractivity contribution in [2.45, 2.75) is 25.9 Å². The fourth-order valence-corrected chi connectivity index (χ4v) is 1.90. The first-order chi connectivity index (χ1) is 7.39. The van der Waals surface area contributed by atoms with Gasteiger partial charge < -0.3 is 10.8 Å². The van der Waals surface area contributed by atoms with Crippen molar-refractivity contribution < 1.29 is 5.11 Å². The van der Waals surface area contributed by atoms with Crippen molar-refractivity contribution in [3.05, 3.63) is 33.8 Å². The third-order valence-electron chi connectivity index (χ3n) is 2.93. The first kappa shape index (κ1) is 13.8. The van der Waals surface area contributed by atoms with Crippen molar-refractivity contribution in [1.29, 1.82) is 0 Å². The van der Waals surface area contributed by atoms with E-state index in [1.54, 1.807) is 18.2 Å². The molecule has 0 heterocycles. The Hall–Kier alpha value is -0.280. The normalized spacial score (nSPS) is 15.2. The molecule has 0 saturated carbocycles. The van der Waals surface area contributed by atoms with Gasteiger partial charge in [0.25, 0.3) is 0 Å². The van der Waals surface area contributed by atoms with Crippen LogP contribution in [0.3, 0.4) is 0 Å². The fraction of sp³-hybridized carbons (Fsp3) is 0.500. The molecule has 2 nitrogen and oxygen atoms in total. The number of nitrogens with two attached hydrogens (primary N) is 1. The molecular formula is C12H17Cl2NO. The average molecular weight is 262 g/mol. The van der Waals surface area contributed by atoms with Crippen molar-refractivity contribution in [3.63, 3.8) is 0 Å². The number of hydrogen-bond donors (Lipinski definition) is 2. The zero-order chi connectivity index (χ0) is 12.3. The van der Waals surface area contributed by atoms with Crippen LogP contribution in [-0.4, -0.2) is 17.3 Å². The van der Waals surface area contributed by atoms with Gasteiger partial charge in [-0.2, -0.15) is 0 Å². The number of aliphatic hydroxyl groups is 1. The van der Waals surface area contributed by atoms with Crippen molar-refractivity contribution in [2.75, 3.05) is 6.54 Å². The fourth-order valence-electron chi connectivity index (χ4n) is 1.52. The van der Waals surface area contributed by atoms with Gasteiger partial charge in [-0.3, -0.25) is 0 Å². The monoisotopic (exact) mass is 261 g/mol. The van der Waals surface area contributed by atoms with Crippen LogP contribution in [-0.2, 0) is 6.42 Å². The van der Waals surface area contributed by atoms with E-state index in [1.165, 1.54) is 0 Å². The first-order valence-electron chi connectivity index (χ1n) is 5.25. The lowest BCUT2D eigenvalue weighted by molar-refractivity contribution is 0.00410.